The molecule has 1 aliphatic rings. The molecule has 7 nitrogen and oxygen atoms in total. The molecule has 0 bridgehead atoms. The summed E-state index contributed by atoms with van der Waals surface area (Å²) in [5.74, 6) is 1.97. The van der Waals surface area contributed by atoms with Gasteiger partial charge in [0.15, 0.2) is 6.61 Å². The lowest BCUT2D eigenvalue weighted by Crippen LogP contribution is -2.35. The number of carbonyl (C=O) groups excluding carboxylic acids is 1. The van der Waals surface area contributed by atoms with Gasteiger partial charge >= 0.3 is 0 Å². The topological polar surface area (TPSA) is 72.9 Å². The molecule has 0 N–H and O–H groups in total. The van der Waals surface area contributed by atoms with Gasteiger partial charge in [-0.05, 0) is 24.3 Å². The average Bonchev–Trinajstić information content (AvgIpc) is 3.35. The Balaban J connectivity index is 1.31. The van der Waals surface area contributed by atoms with E-state index in [0.717, 1.165) is 22.7 Å². The van der Waals surface area contributed by atoms with E-state index in [4.69, 9.17) is 9.15 Å². The Bertz CT molecular complexity index is 1130. The molecule has 3 aromatic heterocycles. The van der Waals surface area contributed by atoms with Gasteiger partial charge in [0.1, 0.15) is 11.5 Å². The van der Waals surface area contributed by atoms with Crippen LogP contribution >= 0.6 is 0 Å². The molecule has 5 rings (SSSR count). The molecule has 0 aliphatic carbocycles. The summed E-state index contributed by atoms with van der Waals surface area (Å²) in [5, 5.41) is 4.25. The second-order valence-electron chi connectivity index (χ2n) is 6.64. The standard InChI is InChI=1S/C21H18N4O3/c26-21(16-12-22-25-10-5-4-8-18(16)25)24-11-9-17-19(13-24)28-20(23-17)14-27-15-6-2-1-3-7-15/h1-8,10,12H,9,11,13-14H2. The number of benzene rings is 1. The molecule has 0 unspecified atom stereocenters. The Hall–Kier alpha value is -3.61. The number of oxazole rings is 1. The van der Waals surface area contributed by atoms with Crippen LogP contribution in [0.5, 0.6) is 5.75 Å². The Kier molecular flexibility index (Phi) is 4.05. The zero-order chi connectivity index (χ0) is 18.9. The monoisotopic (exact) mass is 374 g/mol. The van der Waals surface area contributed by atoms with Crippen LogP contribution in [0.1, 0.15) is 27.7 Å². The van der Waals surface area contributed by atoms with Gasteiger partial charge in [0.25, 0.3) is 5.91 Å². The summed E-state index contributed by atoms with van der Waals surface area (Å²) in [4.78, 5) is 19.3. The molecule has 1 aliphatic heterocycles. The first-order valence-electron chi connectivity index (χ1n) is 9.15. The smallest absolute Gasteiger partial charge is 0.258 e. The van der Waals surface area contributed by atoms with Crippen LogP contribution in [0.15, 0.2) is 65.3 Å². The lowest BCUT2D eigenvalue weighted by molar-refractivity contribution is 0.0720. The molecule has 0 spiro atoms. The third-order valence-corrected chi connectivity index (χ3v) is 4.83. The fraction of sp³-hybridized carbons (Fsp3) is 0.190. The molecule has 1 aromatic carbocycles. The van der Waals surface area contributed by atoms with Crippen molar-refractivity contribution in [2.75, 3.05) is 6.54 Å². The molecule has 0 atom stereocenters. The molecule has 0 fully saturated rings. The summed E-state index contributed by atoms with van der Waals surface area (Å²) in [7, 11) is 0. The maximum absolute atomic E-state index is 13.0. The maximum atomic E-state index is 13.0. The van der Waals surface area contributed by atoms with E-state index in [0.29, 0.717) is 31.0 Å². The summed E-state index contributed by atoms with van der Waals surface area (Å²) in [6.07, 6.45) is 4.11. The van der Waals surface area contributed by atoms with E-state index in [2.05, 4.69) is 10.1 Å². The minimum atomic E-state index is -0.0506. The van der Waals surface area contributed by atoms with E-state index in [9.17, 15) is 4.79 Å². The normalized spacial score (nSPS) is 13.5. The largest absolute Gasteiger partial charge is 0.484 e. The van der Waals surface area contributed by atoms with Crippen molar-refractivity contribution in [3.05, 3.63) is 83.8 Å². The van der Waals surface area contributed by atoms with E-state index in [-0.39, 0.29) is 12.5 Å². The third kappa shape index (κ3) is 3.00. The Labute approximate surface area is 161 Å². The van der Waals surface area contributed by atoms with Crippen LogP contribution < -0.4 is 4.74 Å². The van der Waals surface area contributed by atoms with Gasteiger partial charge in [-0.2, -0.15) is 5.10 Å². The zero-order valence-corrected chi connectivity index (χ0v) is 15.1. The molecule has 0 saturated carbocycles. The van der Waals surface area contributed by atoms with E-state index in [1.54, 1.807) is 15.6 Å². The van der Waals surface area contributed by atoms with Crippen LogP contribution in [0.4, 0.5) is 0 Å². The number of nitrogens with zero attached hydrogens (tertiary/aromatic N) is 4. The first-order chi connectivity index (χ1) is 13.8. The van der Waals surface area contributed by atoms with Gasteiger partial charge in [-0.25, -0.2) is 9.50 Å². The van der Waals surface area contributed by atoms with Crippen LogP contribution in [-0.2, 0) is 19.6 Å². The van der Waals surface area contributed by atoms with Crippen LogP contribution in [-0.4, -0.2) is 31.9 Å². The van der Waals surface area contributed by atoms with E-state index < -0.39 is 0 Å². The third-order valence-electron chi connectivity index (χ3n) is 4.83. The van der Waals surface area contributed by atoms with Gasteiger partial charge in [-0.15, -0.1) is 0 Å². The summed E-state index contributed by atoms with van der Waals surface area (Å²) < 4.78 is 13.3. The summed E-state index contributed by atoms with van der Waals surface area (Å²) >= 11 is 0. The average molecular weight is 374 g/mol. The van der Waals surface area contributed by atoms with Gasteiger partial charge in [-0.1, -0.05) is 24.3 Å². The highest BCUT2D eigenvalue weighted by Crippen LogP contribution is 2.23. The minimum absolute atomic E-state index is 0.0506. The highest BCUT2D eigenvalue weighted by molar-refractivity contribution is 6.00. The number of aromatic nitrogens is 3. The molecule has 0 radical (unpaired) electrons. The number of pyridine rings is 1. The zero-order valence-electron chi connectivity index (χ0n) is 15.1. The Morgan fingerprint density at radius 2 is 2.00 bits per heavy atom. The van der Waals surface area contributed by atoms with E-state index in [1.807, 2.05) is 54.7 Å². The van der Waals surface area contributed by atoms with Crippen molar-refractivity contribution in [1.29, 1.82) is 0 Å². The number of carbonyl (C=O) groups is 1. The van der Waals surface area contributed by atoms with Gasteiger partial charge in [0.05, 0.1) is 29.5 Å². The summed E-state index contributed by atoms with van der Waals surface area (Å²) in [6.45, 7) is 1.26. The number of ether oxygens (including phenoxy) is 1. The molecule has 1 amide bonds. The van der Waals surface area contributed by atoms with Crippen molar-refractivity contribution < 1.29 is 13.9 Å². The molecule has 140 valence electrons. The van der Waals surface area contributed by atoms with Gasteiger partial charge in [-0.3, -0.25) is 4.79 Å². The fourth-order valence-corrected chi connectivity index (χ4v) is 3.42. The van der Waals surface area contributed by atoms with Gasteiger partial charge < -0.3 is 14.1 Å². The van der Waals surface area contributed by atoms with Gasteiger partial charge in [0, 0.05) is 19.2 Å². The molecule has 28 heavy (non-hydrogen) atoms. The molecule has 7 heteroatoms. The summed E-state index contributed by atoms with van der Waals surface area (Å²) in [5.41, 5.74) is 2.29. The predicted molar refractivity (Wildman–Crippen MR) is 101 cm³/mol. The molecule has 4 aromatic rings. The second kappa shape index (κ2) is 6.84. The van der Waals surface area contributed by atoms with Gasteiger partial charge in [0.2, 0.25) is 5.89 Å². The van der Waals surface area contributed by atoms with Crippen molar-refractivity contribution >= 4 is 11.4 Å². The second-order valence-corrected chi connectivity index (χ2v) is 6.64. The molecular weight excluding hydrogens is 356 g/mol. The summed E-state index contributed by atoms with van der Waals surface area (Å²) in [6, 6.07) is 15.2. The highest BCUT2D eigenvalue weighted by Gasteiger charge is 2.27. The van der Waals surface area contributed by atoms with Crippen molar-refractivity contribution in [1.82, 2.24) is 19.5 Å². The lowest BCUT2D eigenvalue weighted by Gasteiger charge is -2.24. The maximum Gasteiger partial charge on any atom is 0.258 e. The number of rotatable bonds is 4. The lowest BCUT2D eigenvalue weighted by atomic mass is 10.1. The number of fused-ring (bicyclic) bond motifs is 2. The van der Waals surface area contributed by atoms with Crippen molar-refractivity contribution in [2.45, 2.75) is 19.6 Å². The highest BCUT2D eigenvalue weighted by atomic mass is 16.5. The molecule has 0 saturated heterocycles. The van der Waals surface area contributed by atoms with Crippen LogP contribution in [0.3, 0.4) is 0 Å². The van der Waals surface area contributed by atoms with Crippen LogP contribution in [0.2, 0.25) is 0 Å². The predicted octanol–water partition coefficient (Wildman–Crippen LogP) is 3.10. The number of amides is 1. The SMILES string of the molecule is O=C(c1cnn2ccccc12)N1CCc2nc(COc3ccccc3)oc2C1. The number of para-hydroxylation sites is 1. The van der Waals surface area contributed by atoms with Crippen LogP contribution in [0.25, 0.3) is 5.52 Å². The Morgan fingerprint density at radius 1 is 1.14 bits per heavy atom. The number of hydrogen-bond donors (Lipinski definition) is 0. The fourth-order valence-electron chi connectivity index (χ4n) is 3.42. The van der Waals surface area contributed by atoms with Crippen molar-refractivity contribution in [3.63, 3.8) is 0 Å². The Morgan fingerprint density at radius 3 is 2.89 bits per heavy atom. The number of hydrogen-bond acceptors (Lipinski definition) is 5. The molecule has 4 heterocycles. The van der Waals surface area contributed by atoms with Crippen molar-refractivity contribution in [2.24, 2.45) is 0 Å². The van der Waals surface area contributed by atoms with E-state index >= 15 is 0 Å². The first-order valence-corrected chi connectivity index (χ1v) is 9.15. The minimum Gasteiger partial charge on any atom is -0.484 e. The first kappa shape index (κ1) is 16.6. The molecular formula is C21H18N4O3. The van der Waals surface area contributed by atoms with Crippen LogP contribution in [0, 0.1) is 0 Å². The van der Waals surface area contributed by atoms with E-state index in [1.165, 1.54) is 0 Å². The van der Waals surface area contributed by atoms with Crippen molar-refractivity contribution in [3.8, 4) is 5.75 Å². The quantitative estimate of drug-likeness (QED) is 0.549.